The molecular formula is C17H24. The molecule has 2 aliphatic rings. The molecule has 1 saturated carbocycles. The van der Waals surface area contributed by atoms with Crippen LogP contribution < -0.4 is 0 Å². The van der Waals surface area contributed by atoms with Gasteiger partial charge in [-0.15, -0.1) is 0 Å². The summed E-state index contributed by atoms with van der Waals surface area (Å²) in [5.74, 6) is 0. The van der Waals surface area contributed by atoms with E-state index in [0.717, 1.165) is 0 Å². The van der Waals surface area contributed by atoms with Crippen molar-refractivity contribution in [3.63, 3.8) is 0 Å². The van der Waals surface area contributed by atoms with Crippen molar-refractivity contribution in [3.05, 3.63) is 35.4 Å². The molecule has 1 aromatic rings. The Morgan fingerprint density at radius 2 is 1.53 bits per heavy atom. The average molecular weight is 228 g/mol. The van der Waals surface area contributed by atoms with E-state index in [1.165, 1.54) is 44.9 Å². The van der Waals surface area contributed by atoms with Gasteiger partial charge in [-0.2, -0.15) is 0 Å². The van der Waals surface area contributed by atoms with Gasteiger partial charge in [0.2, 0.25) is 0 Å². The van der Waals surface area contributed by atoms with Crippen LogP contribution in [0.25, 0.3) is 0 Å². The third-order valence-corrected chi connectivity index (χ3v) is 5.84. The quantitative estimate of drug-likeness (QED) is 0.684. The molecule has 0 spiro atoms. The smallest absolute Gasteiger partial charge is 0.0165 e. The van der Waals surface area contributed by atoms with E-state index < -0.39 is 0 Å². The molecule has 0 heterocycles. The summed E-state index contributed by atoms with van der Waals surface area (Å²) in [6.45, 7) is 4.98. The summed E-state index contributed by atoms with van der Waals surface area (Å²) in [6, 6.07) is 9.12. The minimum Gasteiger partial charge on any atom is -0.0648 e. The third-order valence-electron chi connectivity index (χ3n) is 5.84. The summed E-state index contributed by atoms with van der Waals surface area (Å²) in [4.78, 5) is 0. The van der Waals surface area contributed by atoms with Crippen LogP contribution in [0, 0.1) is 10.8 Å². The van der Waals surface area contributed by atoms with Crippen molar-refractivity contribution < 1.29 is 0 Å². The molecule has 0 amide bonds. The summed E-state index contributed by atoms with van der Waals surface area (Å²) >= 11 is 0. The Morgan fingerprint density at radius 1 is 1.00 bits per heavy atom. The molecule has 0 saturated heterocycles. The van der Waals surface area contributed by atoms with Crippen molar-refractivity contribution in [1.29, 1.82) is 0 Å². The minimum absolute atomic E-state index is 0.563. The van der Waals surface area contributed by atoms with Gasteiger partial charge >= 0.3 is 0 Å². The van der Waals surface area contributed by atoms with E-state index in [9.17, 15) is 0 Å². The van der Waals surface area contributed by atoms with Crippen molar-refractivity contribution in [2.45, 2.75) is 58.8 Å². The Bertz CT molecular complexity index is 385. The number of fused-ring (bicyclic) bond motifs is 1. The van der Waals surface area contributed by atoms with Crippen molar-refractivity contribution in [3.8, 4) is 0 Å². The zero-order valence-corrected chi connectivity index (χ0v) is 11.3. The van der Waals surface area contributed by atoms with E-state index in [1.54, 1.807) is 11.1 Å². The highest BCUT2D eigenvalue weighted by atomic mass is 14.5. The molecule has 0 unspecified atom stereocenters. The molecular weight excluding hydrogens is 204 g/mol. The summed E-state index contributed by atoms with van der Waals surface area (Å²) in [7, 11) is 0. The fourth-order valence-electron chi connectivity index (χ4n) is 4.48. The van der Waals surface area contributed by atoms with E-state index in [1.807, 2.05) is 0 Å². The lowest BCUT2D eigenvalue weighted by molar-refractivity contribution is 0.0607. The molecule has 0 nitrogen and oxygen atoms in total. The Morgan fingerprint density at radius 3 is 2.00 bits per heavy atom. The molecule has 92 valence electrons. The van der Waals surface area contributed by atoms with Crippen LogP contribution in [0.2, 0.25) is 0 Å². The van der Waals surface area contributed by atoms with Gasteiger partial charge in [0.1, 0.15) is 0 Å². The maximum absolute atomic E-state index is 2.56. The van der Waals surface area contributed by atoms with Crippen LogP contribution in [-0.2, 0) is 12.8 Å². The Hall–Kier alpha value is -0.780. The molecule has 0 atom stereocenters. The lowest BCUT2D eigenvalue weighted by Crippen LogP contribution is -2.38. The first-order valence-corrected chi connectivity index (χ1v) is 7.26. The molecule has 3 rings (SSSR count). The molecule has 0 radical (unpaired) electrons. The molecule has 1 aromatic carbocycles. The topological polar surface area (TPSA) is 0 Å². The first-order valence-electron chi connectivity index (χ1n) is 7.26. The van der Waals surface area contributed by atoms with Crippen LogP contribution in [-0.4, -0.2) is 0 Å². The van der Waals surface area contributed by atoms with E-state index in [0.29, 0.717) is 10.8 Å². The highest BCUT2D eigenvalue weighted by molar-refractivity contribution is 5.35. The van der Waals surface area contributed by atoms with Crippen LogP contribution in [0.1, 0.15) is 57.1 Å². The third kappa shape index (κ3) is 1.57. The lowest BCUT2D eigenvalue weighted by atomic mass is 9.60. The maximum atomic E-state index is 2.56. The summed E-state index contributed by atoms with van der Waals surface area (Å²) < 4.78 is 0. The Labute approximate surface area is 105 Å². The summed E-state index contributed by atoms with van der Waals surface area (Å²) in [6.07, 6.45) is 9.82. The Balaban J connectivity index is 1.97. The van der Waals surface area contributed by atoms with Crippen LogP contribution in [0.5, 0.6) is 0 Å². The first kappa shape index (κ1) is 11.3. The van der Waals surface area contributed by atoms with Crippen LogP contribution in [0.15, 0.2) is 24.3 Å². The first-order chi connectivity index (χ1) is 8.19. The van der Waals surface area contributed by atoms with Gasteiger partial charge in [-0.05, 0) is 54.1 Å². The van der Waals surface area contributed by atoms with Gasteiger partial charge in [0.25, 0.3) is 0 Å². The SMILES string of the molecule is CCC1(C2(C)CCCC2)Cc2ccccc2C1. The molecule has 2 aliphatic carbocycles. The normalized spacial score (nSPS) is 24.8. The van der Waals surface area contributed by atoms with Gasteiger partial charge in [0.15, 0.2) is 0 Å². The number of benzene rings is 1. The van der Waals surface area contributed by atoms with Crippen LogP contribution in [0.4, 0.5) is 0 Å². The minimum atomic E-state index is 0.563. The molecule has 0 aliphatic heterocycles. The zero-order valence-electron chi connectivity index (χ0n) is 11.3. The highest BCUT2D eigenvalue weighted by Gasteiger charge is 2.50. The number of hydrogen-bond donors (Lipinski definition) is 0. The fourth-order valence-corrected chi connectivity index (χ4v) is 4.48. The van der Waals surface area contributed by atoms with Crippen LogP contribution in [0.3, 0.4) is 0 Å². The summed E-state index contributed by atoms with van der Waals surface area (Å²) in [5, 5.41) is 0. The monoisotopic (exact) mass is 228 g/mol. The molecule has 0 heteroatoms. The van der Waals surface area contributed by atoms with E-state index in [-0.39, 0.29) is 0 Å². The molecule has 17 heavy (non-hydrogen) atoms. The van der Waals surface area contributed by atoms with Crippen LogP contribution >= 0.6 is 0 Å². The van der Waals surface area contributed by atoms with E-state index in [2.05, 4.69) is 38.1 Å². The van der Waals surface area contributed by atoms with Crippen molar-refractivity contribution >= 4 is 0 Å². The highest BCUT2D eigenvalue weighted by Crippen LogP contribution is 2.58. The lowest BCUT2D eigenvalue weighted by Gasteiger charge is -2.44. The maximum Gasteiger partial charge on any atom is -0.0165 e. The van der Waals surface area contributed by atoms with Gasteiger partial charge in [-0.25, -0.2) is 0 Å². The number of hydrogen-bond acceptors (Lipinski definition) is 0. The zero-order chi connectivity index (χ0) is 11.9. The van der Waals surface area contributed by atoms with Gasteiger partial charge in [-0.1, -0.05) is 51.0 Å². The predicted molar refractivity (Wildman–Crippen MR) is 73.1 cm³/mol. The predicted octanol–water partition coefficient (Wildman–Crippen LogP) is 4.76. The molecule has 0 aromatic heterocycles. The second-order valence-electron chi connectivity index (χ2n) is 6.52. The van der Waals surface area contributed by atoms with Gasteiger partial charge in [-0.3, -0.25) is 0 Å². The van der Waals surface area contributed by atoms with Crippen molar-refractivity contribution in [2.24, 2.45) is 10.8 Å². The molecule has 0 bridgehead atoms. The van der Waals surface area contributed by atoms with Gasteiger partial charge in [0.05, 0.1) is 0 Å². The van der Waals surface area contributed by atoms with E-state index in [4.69, 9.17) is 0 Å². The Kier molecular flexibility index (Phi) is 2.57. The molecule has 0 N–H and O–H groups in total. The van der Waals surface area contributed by atoms with Crippen molar-refractivity contribution in [2.75, 3.05) is 0 Å². The van der Waals surface area contributed by atoms with E-state index >= 15 is 0 Å². The van der Waals surface area contributed by atoms with Gasteiger partial charge < -0.3 is 0 Å². The average Bonchev–Trinajstić information content (AvgIpc) is 2.94. The van der Waals surface area contributed by atoms with Gasteiger partial charge in [0, 0.05) is 0 Å². The second-order valence-corrected chi connectivity index (χ2v) is 6.52. The molecule has 1 fully saturated rings. The summed E-state index contributed by atoms with van der Waals surface area (Å²) in [5.41, 5.74) is 4.42. The largest absolute Gasteiger partial charge is 0.0648 e. The number of rotatable bonds is 2. The second kappa shape index (κ2) is 3.86. The van der Waals surface area contributed by atoms with Crippen molar-refractivity contribution in [1.82, 2.24) is 0 Å². The standard InChI is InChI=1S/C17H24/c1-3-17(16(2)10-6-7-11-16)12-14-8-4-5-9-15(14)13-17/h4-5,8-9H,3,6-7,10-13H2,1-2H3. The fraction of sp³-hybridized carbons (Fsp3) is 0.647.